The van der Waals surface area contributed by atoms with Crippen molar-refractivity contribution in [3.8, 4) is 11.5 Å². The summed E-state index contributed by atoms with van der Waals surface area (Å²) in [5.74, 6) is 1.25. The molecule has 0 bridgehead atoms. The van der Waals surface area contributed by atoms with E-state index in [9.17, 15) is 4.79 Å². The number of aryl methyl sites for hydroxylation is 1. The number of rotatable bonds is 4. The maximum atomic E-state index is 11.4. The van der Waals surface area contributed by atoms with Crippen molar-refractivity contribution in [1.82, 2.24) is 9.38 Å². The molecular weight excluding hydrogens is 328 g/mol. The van der Waals surface area contributed by atoms with E-state index in [1.54, 1.807) is 30.5 Å². The van der Waals surface area contributed by atoms with E-state index in [1.165, 1.54) is 6.92 Å². The number of ketones is 1. The lowest BCUT2D eigenvalue weighted by atomic mass is 10.1. The lowest BCUT2D eigenvalue weighted by Gasteiger charge is -2.01. The lowest BCUT2D eigenvalue weighted by Crippen LogP contribution is -1.89. The van der Waals surface area contributed by atoms with Crippen LogP contribution >= 0.6 is 0 Å². The van der Waals surface area contributed by atoms with Crippen LogP contribution in [0.2, 0.25) is 0 Å². The van der Waals surface area contributed by atoms with Gasteiger partial charge in [0.15, 0.2) is 23.1 Å². The number of aromatic nitrogens is 2. The van der Waals surface area contributed by atoms with E-state index in [0.29, 0.717) is 28.5 Å². The second-order valence-corrected chi connectivity index (χ2v) is 5.93. The van der Waals surface area contributed by atoms with Crippen LogP contribution < -0.4 is 0 Å². The Labute approximate surface area is 149 Å². The predicted octanol–water partition coefficient (Wildman–Crippen LogP) is 5.52. The fourth-order valence-electron chi connectivity index (χ4n) is 2.78. The Morgan fingerprint density at radius 3 is 2.54 bits per heavy atom. The van der Waals surface area contributed by atoms with Gasteiger partial charge in [-0.15, -0.1) is 10.2 Å². The van der Waals surface area contributed by atoms with Gasteiger partial charge >= 0.3 is 0 Å². The molecule has 6 heteroatoms. The molecule has 0 aliphatic carbocycles. The molecule has 0 atom stereocenters. The molecule has 0 saturated heterocycles. The van der Waals surface area contributed by atoms with E-state index in [0.717, 1.165) is 11.3 Å². The largest absolute Gasteiger partial charge is 0.463 e. The fraction of sp³-hybridized carbons (Fsp3) is 0.100. The molecule has 0 aliphatic rings. The molecule has 3 heterocycles. The zero-order valence-electron chi connectivity index (χ0n) is 14.4. The van der Waals surface area contributed by atoms with E-state index in [2.05, 4.69) is 15.2 Å². The van der Waals surface area contributed by atoms with Crippen molar-refractivity contribution in [3.63, 3.8) is 0 Å². The summed E-state index contributed by atoms with van der Waals surface area (Å²) in [6.45, 7) is 3.52. The Balaban J connectivity index is 1.82. The first-order chi connectivity index (χ1) is 12.6. The van der Waals surface area contributed by atoms with E-state index in [4.69, 9.17) is 4.42 Å². The number of hydrogen-bond acceptors (Lipinski definition) is 5. The van der Waals surface area contributed by atoms with Crippen LogP contribution in [-0.2, 0) is 0 Å². The predicted molar refractivity (Wildman–Crippen MR) is 98.3 cm³/mol. The van der Waals surface area contributed by atoms with Gasteiger partial charge in [-0.3, -0.25) is 9.20 Å². The summed E-state index contributed by atoms with van der Waals surface area (Å²) in [6.07, 6.45) is 1.60. The molecule has 0 fully saturated rings. The molecule has 128 valence electrons. The third-order valence-corrected chi connectivity index (χ3v) is 4.10. The maximum absolute atomic E-state index is 11.4. The van der Waals surface area contributed by atoms with Crippen molar-refractivity contribution >= 4 is 22.9 Å². The first-order valence-corrected chi connectivity index (χ1v) is 8.18. The molecule has 4 rings (SSSR count). The zero-order valence-corrected chi connectivity index (χ0v) is 14.4. The van der Waals surface area contributed by atoms with Gasteiger partial charge in [-0.25, -0.2) is 4.98 Å². The summed E-state index contributed by atoms with van der Waals surface area (Å²) >= 11 is 0. The van der Waals surface area contributed by atoms with E-state index < -0.39 is 0 Å². The lowest BCUT2D eigenvalue weighted by molar-refractivity contribution is 0.101. The van der Waals surface area contributed by atoms with Crippen molar-refractivity contribution in [1.29, 1.82) is 0 Å². The molecule has 6 nitrogen and oxygen atoms in total. The van der Waals surface area contributed by atoms with Gasteiger partial charge in [0.25, 0.3) is 0 Å². The number of carbonyl (C=O) groups excluding carboxylic acids is 1. The highest BCUT2D eigenvalue weighted by Crippen LogP contribution is 2.33. The Bertz CT molecular complexity index is 1110. The highest BCUT2D eigenvalue weighted by molar-refractivity contribution is 5.94. The number of azo groups is 1. The number of carbonyl (C=O) groups is 1. The molecule has 0 saturated carbocycles. The maximum Gasteiger partial charge on any atom is 0.191 e. The molecule has 26 heavy (non-hydrogen) atoms. The van der Waals surface area contributed by atoms with Crippen LogP contribution in [0.4, 0.5) is 11.5 Å². The average Bonchev–Trinajstić information content (AvgIpc) is 3.28. The number of imidazole rings is 1. The van der Waals surface area contributed by atoms with Gasteiger partial charge in [-0.1, -0.05) is 6.07 Å². The zero-order chi connectivity index (χ0) is 18.1. The summed E-state index contributed by atoms with van der Waals surface area (Å²) < 4.78 is 7.44. The van der Waals surface area contributed by atoms with Crippen molar-refractivity contribution in [2.75, 3.05) is 0 Å². The molecule has 0 aliphatic heterocycles. The van der Waals surface area contributed by atoms with E-state index in [-0.39, 0.29) is 5.78 Å². The number of furan rings is 1. The molecule has 0 spiro atoms. The summed E-state index contributed by atoms with van der Waals surface area (Å²) in [6, 6.07) is 16.5. The van der Waals surface area contributed by atoms with Crippen LogP contribution in [0, 0.1) is 6.92 Å². The molecule has 4 aromatic rings. The third kappa shape index (κ3) is 2.82. The van der Waals surface area contributed by atoms with Gasteiger partial charge in [0.05, 0.1) is 12.0 Å². The Morgan fingerprint density at radius 2 is 1.85 bits per heavy atom. The summed E-state index contributed by atoms with van der Waals surface area (Å²) in [5.41, 5.74) is 3.70. The topological polar surface area (TPSA) is 72.2 Å². The Morgan fingerprint density at radius 1 is 1.04 bits per heavy atom. The van der Waals surface area contributed by atoms with Crippen LogP contribution in [0.5, 0.6) is 0 Å². The van der Waals surface area contributed by atoms with Gasteiger partial charge in [-0.05, 0) is 62.4 Å². The number of pyridine rings is 1. The normalized spacial score (nSPS) is 11.5. The molecule has 0 amide bonds. The summed E-state index contributed by atoms with van der Waals surface area (Å²) in [7, 11) is 0. The average molecular weight is 344 g/mol. The number of fused-ring (bicyclic) bond motifs is 1. The minimum absolute atomic E-state index is 0.0194. The van der Waals surface area contributed by atoms with Crippen molar-refractivity contribution in [2.45, 2.75) is 13.8 Å². The minimum atomic E-state index is 0.0194. The van der Waals surface area contributed by atoms with E-state index >= 15 is 0 Å². The standard InChI is InChI=1S/C20H16N4O2/c1-13-5-3-7-18-21-19(17-6-4-12-26-17)20(24(13)18)23-22-16-10-8-15(9-11-16)14(2)25/h3-12H,1-2H3. The monoisotopic (exact) mass is 344 g/mol. The molecule has 1 aromatic carbocycles. The summed E-state index contributed by atoms with van der Waals surface area (Å²) in [5, 5.41) is 8.76. The number of nitrogens with zero attached hydrogens (tertiary/aromatic N) is 4. The molecule has 0 unspecified atom stereocenters. The summed E-state index contributed by atoms with van der Waals surface area (Å²) in [4.78, 5) is 16.0. The number of benzene rings is 1. The first-order valence-electron chi connectivity index (χ1n) is 8.18. The van der Waals surface area contributed by atoms with E-state index in [1.807, 2.05) is 41.7 Å². The molecule has 0 radical (unpaired) electrons. The van der Waals surface area contributed by atoms with Gasteiger partial charge < -0.3 is 4.42 Å². The third-order valence-electron chi connectivity index (χ3n) is 4.10. The molecule has 0 N–H and O–H groups in total. The van der Waals surface area contributed by atoms with Gasteiger partial charge in [0.1, 0.15) is 5.65 Å². The Hall–Kier alpha value is -3.54. The van der Waals surface area contributed by atoms with Crippen LogP contribution in [0.1, 0.15) is 23.0 Å². The molecular formula is C20H16N4O2. The quantitative estimate of drug-likeness (QED) is 0.361. The van der Waals surface area contributed by atoms with Gasteiger partial charge in [-0.2, -0.15) is 0 Å². The van der Waals surface area contributed by atoms with Crippen LogP contribution in [0.15, 0.2) is 75.5 Å². The first kappa shape index (κ1) is 16.0. The van der Waals surface area contributed by atoms with Gasteiger partial charge in [0, 0.05) is 11.3 Å². The van der Waals surface area contributed by atoms with Crippen LogP contribution in [-0.4, -0.2) is 15.2 Å². The van der Waals surface area contributed by atoms with Crippen molar-refractivity contribution in [3.05, 3.63) is 72.1 Å². The second-order valence-electron chi connectivity index (χ2n) is 5.93. The SMILES string of the molecule is CC(=O)c1ccc(N=Nc2c(-c3ccco3)nc3cccc(C)n23)cc1. The fourth-order valence-corrected chi connectivity index (χ4v) is 2.78. The molecule has 3 aromatic heterocycles. The van der Waals surface area contributed by atoms with Crippen molar-refractivity contribution in [2.24, 2.45) is 10.2 Å². The highest BCUT2D eigenvalue weighted by Gasteiger charge is 2.17. The second kappa shape index (κ2) is 6.40. The smallest absolute Gasteiger partial charge is 0.191 e. The van der Waals surface area contributed by atoms with Crippen LogP contribution in [0.25, 0.3) is 17.1 Å². The minimum Gasteiger partial charge on any atom is -0.463 e. The van der Waals surface area contributed by atoms with Crippen LogP contribution in [0.3, 0.4) is 0 Å². The van der Waals surface area contributed by atoms with Gasteiger partial charge in [0.2, 0.25) is 0 Å². The number of Topliss-reactive ketones (excluding diaryl/α,β-unsaturated/α-hetero) is 1. The number of hydrogen-bond donors (Lipinski definition) is 0. The highest BCUT2D eigenvalue weighted by atomic mass is 16.3. The van der Waals surface area contributed by atoms with Crippen molar-refractivity contribution < 1.29 is 9.21 Å². The Kier molecular flexibility index (Phi) is 3.93.